The highest BCUT2D eigenvalue weighted by Gasteiger charge is 2.69. The highest BCUT2D eigenvalue weighted by molar-refractivity contribution is 6.38. The average Bonchev–Trinajstić information content (AvgIpc) is 3.16. The number of carbonyl (C=O) groups is 4. The van der Waals surface area contributed by atoms with Crippen LogP contribution in [-0.4, -0.2) is 59.6 Å². The van der Waals surface area contributed by atoms with E-state index in [1.54, 1.807) is 11.0 Å². The first-order chi connectivity index (χ1) is 16.1. The fraction of sp³-hybridized carbons (Fsp3) is 0.692. The van der Waals surface area contributed by atoms with Crippen molar-refractivity contribution in [3.05, 3.63) is 25.3 Å². The van der Waals surface area contributed by atoms with Gasteiger partial charge in [0.1, 0.15) is 6.04 Å². The second kappa shape index (κ2) is 10.8. The third-order valence-electron chi connectivity index (χ3n) is 8.13. The van der Waals surface area contributed by atoms with Gasteiger partial charge in [0, 0.05) is 13.1 Å². The summed E-state index contributed by atoms with van der Waals surface area (Å²) in [5.74, 6) is -1.65. The number of allylic oxidation sites excluding steroid dienone is 1. The Labute approximate surface area is 202 Å². The van der Waals surface area contributed by atoms with Crippen molar-refractivity contribution in [2.75, 3.05) is 13.1 Å². The van der Waals surface area contributed by atoms with E-state index in [0.29, 0.717) is 13.0 Å². The minimum atomic E-state index is -0.986. The van der Waals surface area contributed by atoms with Crippen molar-refractivity contribution in [3.8, 4) is 0 Å². The molecule has 1 heterocycles. The van der Waals surface area contributed by atoms with Crippen LogP contribution in [0.25, 0.3) is 0 Å². The summed E-state index contributed by atoms with van der Waals surface area (Å²) >= 11 is 0. The minimum absolute atomic E-state index is 0.0137. The van der Waals surface area contributed by atoms with Gasteiger partial charge in [0.15, 0.2) is 0 Å². The molecule has 8 heteroatoms. The number of hydrogen-bond donors (Lipinski definition) is 3. The molecule has 0 spiro atoms. The van der Waals surface area contributed by atoms with Gasteiger partial charge in [-0.3, -0.25) is 19.2 Å². The Morgan fingerprint density at radius 3 is 2.41 bits per heavy atom. The molecular formula is C26H40N4O4. The molecule has 1 unspecified atom stereocenters. The monoisotopic (exact) mass is 472 g/mol. The van der Waals surface area contributed by atoms with Gasteiger partial charge in [0.25, 0.3) is 5.91 Å². The Balaban J connectivity index is 1.75. The molecule has 2 saturated carbocycles. The Hall–Kier alpha value is -2.48. The predicted molar refractivity (Wildman–Crippen MR) is 130 cm³/mol. The zero-order chi connectivity index (χ0) is 25.0. The normalized spacial score (nSPS) is 27.1. The Morgan fingerprint density at radius 1 is 1.12 bits per heavy atom. The SMILES string of the molecule is C=CCCC(NC(=O)[C@@H]1[C@@H]2[C@H](CN1C(=O)[C@@H](N)C1CCCCC1)C2(C)C)C(=O)C(=O)NCC=C. The smallest absolute Gasteiger partial charge is 0.289 e. The summed E-state index contributed by atoms with van der Waals surface area (Å²) in [6.07, 6.45) is 9.05. The van der Waals surface area contributed by atoms with Crippen molar-refractivity contribution in [1.29, 1.82) is 0 Å². The molecule has 3 amide bonds. The van der Waals surface area contributed by atoms with E-state index in [4.69, 9.17) is 5.73 Å². The lowest BCUT2D eigenvalue weighted by atomic mass is 9.83. The summed E-state index contributed by atoms with van der Waals surface area (Å²) < 4.78 is 0. The van der Waals surface area contributed by atoms with Crippen LogP contribution in [0.1, 0.15) is 58.8 Å². The minimum Gasteiger partial charge on any atom is -0.346 e. The third kappa shape index (κ3) is 5.27. The van der Waals surface area contributed by atoms with Crippen LogP contribution in [-0.2, 0) is 19.2 Å². The fourth-order valence-corrected chi connectivity index (χ4v) is 5.92. The number of nitrogens with zero attached hydrogens (tertiary/aromatic N) is 1. The molecule has 8 nitrogen and oxygen atoms in total. The number of hydrogen-bond acceptors (Lipinski definition) is 5. The maximum atomic E-state index is 13.5. The van der Waals surface area contributed by atoms with Crippen LogP contribution in [0.2, 0.25) is 0 Å². The number of amides is 3. The number of ketones is 1. The van der Waals surface area contributed by atoms with Gasteiger partial charge in [0.05, 0.1) is 12.1 Å². The van der Waals surface area contributed by atoms with Crippen LogP contribution in [0.15, 0.2) is 25.3 Å². The average molecular weight is 473 g/mol. The van der Waals surface area contributed by atoms with E-state index in [0.717, 1.165) is 25.7 Å². The summed E-state index contributed by atoms with van der Waals surface area (Å²) in [5.41, 5.74) is 6.35. The van der Waals surface area contributed by atoms with E-state index >= 15 is 0 Å². The summed E-state index contributed by atoms with van der Waals surface area (Å²) in [7, 11) is 0. The quantitative estimate of drug-likeness (QED) is 0.312. The van der Waals surface area contributed by atoms with Crippen LogP contribution in [0.5, 0.6) is 0 Å². The van der Waals surface area contributed by atoms with Crippen LogP contribution in [0.3, 0.4) is 0 Å². The third-order valence-corrected chi connectivity index (χ3v) is 8.13. The molecule has 3 fully saturated rings. The molecule has 5 atom stereocenters. The molecule has 34 heavy (non-hydrogen) atoms. The standard InChI is InChI=1S/C26H40N4O4/c1-5-7-13-18(22(31)24(33)28-14-6-2)29-23(32)21-19-17(26(19,3)4)15-30(21)25(34)20(27)16-11-9-8-10-12-16/h5-6,16-21H,1-2,7-15,27H2,3-4H3,(H,28,33)(H,29,32)/t17-,18?,19-,20-,21-/m0/s1. The number of nitrogens with two attached hydrogens (primary N) is 1. The van der Waals surface area contributed by atoms with E-state index in [1.807, 2.05) is 0 Å². The lowest BCUT2D eigenvalue weighted by Crippen LogP contribution is -2.58. The number of Topliss-reactive ketones (excluding diaryl/α,β-unsaturated/α-hetero) is 1. The van der Waals surface area contributed by atoms with Crippen molar-refractivity contribution >= 4 is 23.5 Å². The number of piperidine rings is 1. The summed E-state index contributed by atoms with van der Waals surface area (Å²) in [4.78, 5) is 53.6. The highest BCUT2D eigenvalue weighted by atomic mass is 16.2. The molecule has 2 aliphatic carbocycles. The molecule has 1 saturated heterocycles. The Morgan fingerprint density at radius 2 is 1.79 bits per heavy atom. The van der Waals surface area contributed by atoms with Gasteiger partial charge >= 0.3 is 0 Å². The van der Waals surface area contributed by atoms with Gasteiger partial charge in [-0.1, -0.05) is 45.3 Å². The number of carbonyl (C=O) groups excluding carboxylic acids is 4. The van der Waals surface area contributed by atoms with Gasteiger partial charge in [-0.05, 0) is 48.9 Å². The first-order valence-electron chi connectivity index (χ1n) is 12.5. The maximum Gasteiger partial charge on any atom is 0.289 e. The van der Waals surface area contributed by atoms with Crippen LogP contribution in [0, 0.1) is 23.2 Å². The fourth-order valence-electron chi connectivity index (χ4n) is 5.92. The first-order valence-corrected chi connectivity index (χ1v) is 12.5. The predicted octanol–water partition coefficient (Wildman–Crippen LogP) is 1.70. The van der Waals surface area contributed by atoms with Gasteiger partial charge < -0.3 is 21.3 Å². The zero-order valence-corrected chi connectivity index (χ0v) is 20.6. The lowest BCUT2D eigenvalue weighted by Gasteiger charge is -2.35. The summed E-state index contributed by atoms with van der Waals surface area (Å²) in [5, 5.41) is 5.27. The van der Waals surface area contributed by atoms with Gasteiger partial charge in [-0.25, -0.2) is 0 Å². The van der Waals surface area contributed by atoms with Crippen molar-refractivity contribution < 1.29 is 19.2 Å². The molecule has 4 N–H and O–H groups in total. The van der Waals surface area contributed by atoms with Crippen molar-refractivity contribution in [3.63, 3.8) is 0 Å². The van der Waals surface area contributed by atoms with Gasteiger partial charge in [0.2, 0.25) is 17.6 Å². The van der Waals surface area contributed by atoms with Gasteiger partial charge in [-0.15, -0.1) is 13.2 Å². The second-order valence-corrected chi connectivity index (χ2v) is 10.6. The number of fused-ring (bicyclic) bond motifs is 1. The molecule has 188 valence electrons. The van der Waals surface area contributed by atoms with Crippen LogP contribution >= 0.6 is 0 Å². The first kappa shape index (κ1) is 26.1. The number of rotatable bonds is 11. The van der Waals surface area contributed by atoms with Gasteiger partial charge in [-0.2, -0.15) is 0 Å². The maximum absolute atomic E-state index is 13.5. The topological polar surface area (TPSA) is 122 Å². The second-order valence-electron chi connectivity index (χ2n) is 10.6. The Bertz CT molecular complexity index is 833. The van der Waals surface area contributed by atoms with E-state index < -0.39 is 29.8 Å². The molecule has 1 aliphatic heterocycles. The van der Waals surface area contributed by atoms with E-state index in [1.165, 1.54) is 12.5 Å². The lowest BCUT2D eigenvalue weighted by molar-refractivity contribution is -0.144. The molecule has 3 rings (SSSR count). The van der Waals surface area contributed by atoms with E-state index in [-0.39, 0.29) is 47.9 Å². The van der Waals surface area contributed by atoms with Crippen molar-refractivity contribution in [2.24, 2.45) is 28.9 Å². The molecule has 0 bridgehead atoms. The zero-order valence-electron chi connectivity index (χ0n) is 20.6. The number of likely N-dealkylation sites (tertiary alicyclic amines) is 1. The molecule has 0 aromatic heterocycles. The van der Waals surface area contributed by atoms with Crippen molar-refractivity contribution in [1.82, 2.24) is 15.5 Å². The highest BCUT2D eigenvalue weighted by Crippen LogP contribution is 2.65. The van der Waals surface area contributed by atoms with Crippen LogP contribution < -0.4 is 16.4 Å². The number of nitrogens with one attached hydrogen (secondary N) is 2. The molecule has 0 radical (unpaired) electrons. The van der Waals surface area contributed by atoms with Crippen LogP contribution in [0.4, 0.5) is 0 Å². The Kier molecular flexibility index (Phi) is 8.34. The van der Waals surface area contributed by atoms with E-state index in [2.05, 4.69) is 37.6 Å². The summed E-state index contributed by atoms with van der Waals surface area (Å²) in [6.45, 7) is 12.1. The van der Waals surface area contributed by atoms with E-state index in [9.17, 15) is 19.2 Å². The molecule has 3 aliphatic rings. The van der Waals surface area contributed by atoms with Crippen molar-refractivity contribution in [2.45, 2.75) is 76.9 Å². The largest absolute Gasteiger partial charge is 0.346 e. The molecular weight excluding hydrogens is 432 g/mol. The molecule has 0 aromatic rings. The molecule has 0 aromatic carbocycles. The summed E-state index contributed by atoms with van der Waals surface area (Å²) in [6, 6.07) is -2.28.